The van der Waals surface area contributed by atoms with Crippen LogP contribution >= 0.6 is 0 Å². The van der Waals surface area contributed by atoms with Gasteiger partial charge in [0.15, 0.2) is 0 Å². The largest absolute Gasteiger partial charge is 0.475 e. The monoisotopic (exact) mass is 258 g/mol. The molecule has 0 amide bonds. The summed E-state index contributed by atoms with van der Waals surface area (Å²) in [6, 6.07) is 10.1. The highest BCUT2D eigenvalue weighted by molar-refractivity contribution is 5.94. The zero-order chi connectivity index (χ0) is 13.4. The number of aromatic carboxylic acids is 1. The molecule has 1 atom stereocenters. The number of carboxylic acid groups (broad SMARTS) is 1. The Kier molecular flexibility index (Phi) is 2.59. The van der Waals surface area contributed by atoms with Gasteiger partial charge in [-0.1, -0.05) is 18.2 Å². The molecule has 2 heterocycles. The summed E-state index contributed by atoms with van der Waals surface area (Å²) in [5.41, 5.74) is 1.36. The Morgan fingerprint density at radius 3 is 2.74 bits per heavy atom. The number of esters is 1. The molecule has 1 N–H and O–H groups in total. The summed E-state index contributed by atoms with van der Waals surface area (Å²) >= 11 is 0. The molecule has 0 saturated carbocycles. The maximum atomic E-state index is 11.6. The second-order valence-electron chi connectivity index (χ2n) is 4.26. The predicted molar refractivity (Wildman–Crippen MR) is 64.0 cm³/mol. The minimum atomic E-state index is -1.12. The van der Waals surface area contributed by atoms with Crippen LogP contribution in [0, 0.1) is 0 Å². The molecule has 0 spiro atoms. The lowest BCUT2D eigenvalue weighted by atomic mass is 10.0. The van der Waals surface area contributed by atoms with Crippen molar-refractivity contribution in [3.63, 3.8) is 0 Å². The molecule has 1 aromatic carbocycles. The Bertz CT molecular complexity index is 655. The summed E-state index contributed by atoms with van der Waals surface area (Å²) < 4.78 is 10.4. The van der Waals surface area contributed by atoms with E-state index in [-0.39, 0.29) is 11.7 Å². The molecule has 1 aliphatic rings. The van der Waals surface area contributed by atoms with Crippen molar-refractivity contribution in [2.45, 2.75) is 12.5 Å². The highest BCUT2D eigenvalue weighted by Crippen LogP contribution is 2.33. The fourth-order valence-corrected chi connectivity index (χ4v) is 2.16. The van der Waals surface area contributed by atoms with E-state index in [1.165, 1.54) is 6.07 Å². The molecule has 2 aromatic rings. The molecule has 3 rings (SSSR count). The topological polar surface area (TPSA) is 76.7 Å². The SMILES string of the molecule is O=C(O)c1ccc(CC2OC(=O)c3ccccc32)o1. The minimum Gasteiger partial charge on any atom is -0.475 e. The minimum absolute atomic E-state index is 0.118. The van der Waals surface area contributed by atoms with Gasteiger partial charge < -0.3 is 14.3 Å². The number of rotatable bonds is 3. The number of cyclic esters (lactones) is 1. The van der Waals surface area contributed by atoms with Crippen LogP contribution in [0.5, 0.6) is 0 Å². The molecule has 1 aliphatic heterocycles. The van der Waals surface area contributed by atoms with Crippen LogP contribution in [0.4, 0.5) is 0 Å². The standard InChI is InChI=1S/C14H10O5/c15-13(16)11-6-5-8(18-11)7-12-9-3-1-2-4-10(9)14(17)19-12/h1-6,12H,7H2,(H,15,16). The molecule has 0 fully saturated rings. The first-order valence-corrected chi connectivity index (χ1v) is 5.77. The maximum Gasteiger partial charge on any atom is 0.371 e. The lowest BCUT2D eigenvalue weighted by Crippen LogP contribution is -2.02. The number of hydrogen-bond acceptors (Lipinski definition) is 4. The van der Waals surface area contributed by atoms with Crippen LogP contribution in [0.1, 0.15) is 38.3 Å². The van der Waals surface area contributed by atoms with Gasteiger partial charge in [0.1, 0.15) is 11.9 Å². The van der Waals surface area contributed by atoms with Crippen molar-refractivity contribution in [2.75, 3.05) is 0 Å². The van der Waals surface area contributed by atoms with Gasteiger partial charge in [0.05, 0.1) is 5.56 Å². The number of carboxylic acids is 1. The van der Waals surface area contributed by atoms with Crippen LogP contribution in [0.15, 0.2) is 40.8 Å². The van der Waals surface area contributed by atoms with Gasteiger partial charge in [0.2, 0.25) is 5.76 Å². The fourth-order valence-electron chi connectivity index (χ4n) is 2.16. The Balaban J connectivity index is 1.85. The van der Waals surface area contributed by atoms with Gasteiger partial charge in [-0.3, -0.25) is 0 Å². The highest BCUT2D eigenvalue weighted by atomic mass is 16.5. The van der Waals surface area contributed by atoms with Crippen molar-refractivity contribution in [3.05, 3.63) is 59.0 Å². The molecule has 1 unspecified atom stereocenters. The first-order chi connectivity index (χ1) is 9.15. The van der Waals surface area contributed by atoms with Crippen molar-refractivity contribution in [3.8, 4) is 0 Å². The average molecular weight is 258 g/mol. The molecule has 5 heteroatoms. The Hall–Kier alpha value is -2.56. The van der Waals surface area contributed by atoms with Crippen LogP contribution in [0.2, 0.25) is 0 Å². The predicted octanol–water partition coefficient (Wildman–Crippen LogP) is 2.43. The second-order valence-corrected chi connectivity index (χ2v) is 4.26. The zero-order valence-corrected chi connectivity index (χ0v) is 9.83. The van der Waals surface area contributed by atoms with Crippen molar-refractivity contribution in [1.29, 1.82) is 0 Å². The van der Waals surface area contributed by atoms with E-state index in [2.05, 4.69) is 0 Å². The van der Waals surface area contributed by atoms with E-state index in [4.69, 9.17) is 14.3 Å². The van der Waals surface area contributed by atoms with Crippen LogP contribution in [-0.4, -0.2) is 17.0 Å². The number of benzene rings is 1. The van der Waals surface area contributed by atoms with Gasteiger partial charge in [-0.15, -0.1) is 0 Å². The normalized spacial score (nSPS) is 17.1. The third-order valence-corrected chi connectivity index (χ3v) is 3.04. The Morgan fingerprint density at radius 1 is 1.21 bits per heavy atom. The first-order valence-electron chi connectivity index (χ1n) is 5.77. The molecular formula is C14H10O5. The van der Waals surface area contributed by atoms with E-state index >= 15 is 0 Å². The third-order valence-electron chi connectivity index (χ3n) is 3.04. The zero-order valence-electron chi connectivity index (χ0n) is 9.83. The number of furan rings is 1. The number of carbonyl (C=O) groups is 2. The van der Waals surface area contributed by atoms with E-state index in [0.717, 1.165) is 5.56 Å². The van der Waals surface area contributed by atoms with Gasteiger partial charge in [-0.25, -0.2) is 9.59 Å². The van der Waals surface area contributed by atoms with Crippen molar-refractivity contribution in [1.82, 2.24) is 0 Å². The summed E-state index contributed by atoms with van der Waals surface area (Å²) in [5, 5.41) is 8.78. The lowest BCUT2D eigenvalue weighted by molar-refractivity contribution is 0.0374. The lowest BCUT2D eigenvalue weighted by Gasteiger charge is -2.08. The molecule has 0 radical (unpaired) electrons. The second kappa shape index (κ2) is 4.28. The number of carbonyl (C=O) groups excluding carboxylic acids is 1. The van der Waals surface area contributed by atoms with E-state index in [0.29, 0.717) is 17.7 Å². The molecular weight excluding hydrogens is 248 g/mol. The van der Waals surface area contributed by atoms with E-state index in [1.807, 2.05) is 12.1 Å². The molecule has 0 aliphatic carbocycles. The fraction of sp³-hybridized carbons (Fsp3) is 0.143. The van der Waals surface area contributed by atoms with Gasteiger partial charge in [0, 0.05) is 12.0 Å². The summed E-state index contributed by atoms with van der Waals surface area (Å²) in [6.45, 7) is 0. The van der Waals surface area contributed by atoms with Crippen molar-refractivity contribution >= 4 is 11.9 Å². The molecule has 96 valence electrons. The Morgan fingerprint density at radius 2 is 2.00 bits per heavy atom. The quantitative estimate of drug-likeness (QED) is 0.855. The molecule has 5 nitrogen and oxygen atoms in total. The van der Waals surface area contributed by atoms with Crippen LogP contribution in [0.3, 0.4) is 0 Å². The van der Waals surface area contributed by atoms with Crippen LogP contribution in [0.25, 0.3) is 0 Å². The molecule has 19 heavy (non-hydrogen) atoms. The third kappa shape index (κ3) is 1.99. The van der Waals surface area contributed by atoms with Gasteiger partial charge in [-0.2, -0.15) is 0 Å². The van der Waals surface area contributed by atoms with E-state index in [9.17, 15) is 9.59 Å². The maximum absolute atomic E-state index is 11.6. The summed E-state index contributed by atoms with van der Waals surface area (Å²) in [7, 11) is 0. The summed E-state index contributed by atoms with van der Waals surface area (Å²) in [5.74, 6) is -1.11. The van der Waals surface area contributed by atoms with E-state index in [1.54, 1.807) is 18.2 Å². The summed E-state index contributed by atoms with van der Waals surface area (Å²) in [6.07, 6.45) is -0.0905. The first kappa shape index (κ1) is 11.5. The van der Waals surface area contributed by atoms with Crippen molar-refractivity contribution in [2.24, 2.45) is 0 Å². The van der Waals surface area contributed by atoms with E-state index < -0.39 is 12.1 Å². The average Bonchev–Trinajstić information content (AvgIpc) is 2.97. The van der Waals surface area contributed by atoms with Crippen LogP contribution < -0.4 is 0 Å². The van der Waals surface area contributed by atoms with Crippen molar-refractivity contribution < 1.29 is 23.8 Å². The highest BCUT2D eigenvalue weighted by Gasteiger charge is 2.31. The molecule has 1 aromatic heterocycles. The summed E-state index contributed by atoms with van der Waals surface area (Å²) in [4.78, 5) is 22.4. The van der Waals surface area contributed by atoms with Gasteiger partial charge >= 0.3 is 11.9 Å². The smallest absolute Gasteiger partial charge is 0.371 e. The van der Waals surface area contributed by atoms with Gasteiger partial charge in [0.25, 0.3) is 0 Å². The number of hydrogen-bond donors (Lipinski definition) is 1. The molecule has 0 bridgehead atoms. The Labute approximate surface area is 108 Å². The van der Waals surface area contributed by atoms with Gasteiger partial charge in [-0.05, 0) is 18.2 Å². The molecule has 0 saturated heterocycles. The number of fused-ring (bicyclic) bond motifs is 1. The van der Waals surface area contributed by atoms with Crippen LogP contribution in [-0.2, 0) is 11.2 Å². The number of ether oxygens (including phenoxy) is 1.